The van der Waals surface area contributed by atoms with Gasteiger partial charge in [0.2, 0.25) is 0 Å². The first-order chi connectivity index (χ1) is 8.70. The van der Waals surface area contributed by atoms with E-state index in [9.17, 15) is 4.79 Å². The Bertz CT molecular complexity index is 519. The molecule has 1 amide bonds. The lowest BCUT2D eigenvalue weighted by Gasteiger charge is -2.12. The van der Waals surface area contributed by atoms with E-state index in [0.717, 1.165) is 0 Å². The molecule has 0 aliphatic rings. The fraction of sp³-hybridized carbons (Fsp3) is 0.286. The van der Waals surface area contributed by atoms with Crippen molar-refractivity contribution in [2.45, 2.75) is 13.5 Å². The Morgan fingerprint density at radius 3 is 2.72 bits per heavy atom. The van der Waals surface area contributed by atoms with Crippen molar-refractivity contribution in [3.8, 4) is 0 Å². The van der Waals surface area contributed by atoms with Gasteiger partial charge in [-0.1, -0.05) is 30.3 Å². The number of carbonyl (C=O) groups excluding carboxylic acids is 1. The van der Waals surface area contributed by atoms with Gasteiger partial charge >= 0.3 is 0 Å². The average Bonchev–Trinajstić information content (AvgIpc) is 2.86. The summed E-state index contributed by atoms with van der Waals surface area (Å²) in [5, 5.41) is 4.22. The fourth-order valence-corrected chi connectivity index (χ4v) is 1.69. The highest BCUT2D eigenvalue weighted by atomic mass is 16.2. The van der Waals surface area contributed by atoms with Gasteiger partial charge in [-0.25, -0.2) is 0 Å². The second-order valence-electron chi connectivity index (χ2n) is 4.23. The first-order valence-corrected chi connectivity index (χ1v) is 6.02. The van der Waals surface area contributed by atoms with Gasteiger partial charge in [0.15, 0.2) is 0 Å². The van der Waals surface area contributed by atoms with Crippen LogP contribution in [0.4, 0.5) is 0 Å². The molecule has 1 aromatic carbocycles. The van der Waals surface area contributed by atoms with E-state index in [1.807, 2.05) is 37.3 Å². The predicted molar refractivity (Wildman–Crippen MR) is 70.4 cm³/mol. The number of aromatic nitrogens is 2. The summed E-state index contributed by atoms with van der Waals surface area (Å²) >= 11 is 0. The minimum absolute atomic E-state index is 0.0109. The van der Waals surface area contributed by atoms with Gasteiger partial charge in [0.25, 0.3) is 5.91 Å². The number of amides is 1. The van der Waals surface area contributed by atoms with Crippen molar-refractivity contribution in [2.75, 3.05) is 13.6 Å². The van der Waals surface area contributed by atoms with Gasteiger partial charge in [0, 0.05) is 19.8 Å². The molecule has 0 unspecified atom stereocenters. The van der Waals surface area contributed by atoms with Crippen LogP contribution in [0.2, 0.25) is 0 Å². The molecule has 1 aromatic heterocycles. The van der Waals surface area contributed by atoms with Crippen LogP contribution in [0.1, 0.15) is 22.8 Å². The van der Waals surface area contributed by atoms with Crippen LogP contribution >= 0.6 is 0 Å². The highest BCUT2D eigenvalue weighted by Crippen LogP contribution is 2.05. The molecule has 1 heterocycles. The second kappa shape index (κ2) is 5.49. The zero-order valence-corrected chi connectivity index (χ0v) is 10.7. The first-order valence-electron chi connectivity index (χ1n) is 6.02. The van der Waals surface area contributed by atoms with Gasteiger partial charge in [-0.3, -0.25) is 9.48 Å². The third-order valence-corrected chi connectivity index (χ3v) is 2.89. The summed E-state index contributed by atoms with van der Waals surface area (Å²) in [5.41, 5.74) is 1.80. The maximum Gasteiger partial charge on any atom is 0.256 e. The molecule has 0 atom stereocenters. The summed E-state index contributed by atoms with van der Waals surface area (Å²) in [6, 6.07) is 10.1. The van der Waals surface area contributed by atoms with Crippen LogP contribution in [-0.4, -0.2) is 34.2 Å². The van der Waals surface area contributed by atoms with Gasteiger partial charge in [-0.05, 0) is 12.5 Å². The Balaban J connectivity index is 2.09. The van der Waals surface area contributed by atoms with Crippen molar-refractivity contribution in [3.63, 3.8) is 0 Å². The smallest absolute Gasteiger partial charge is 0.256 e. The van der Waals surface area contributed by atoms with Gasteiger partial charge in [-0.2, -0.15) is 5.10 Å². The van der Waals surface area contributed by atoms with Gasteiger partial charge in [-0.15, -0.1) is 0 Å². The van der Waals surface area contributed by atoms with Crippen LogP contribution in [-0.2, 0) is 6.54 Å². The van der Waals surface area contributed by atoms with Crippen molar-refractivity contribution in [1.82, 2.24) is 14.7 Å². The molecule has 2 rings (SSSR count). The van der Waals surface area contributed by atoms with Crippen molar-refractivity contribution in [1.29, 1.82) is 0 Å². The standard InChI is InChI=1S/C14H17N3O/c1-3-16(2)14(18)13-9-15-17(11-13)10-12-7-5-4-6-8-12/h4-9,11H,3,10H2,1-2H3. The third-order valence-electron chi connectivity index (χ3n) is 2.89. The second-order valence-corrected chi connectivity index (χ2v) is 4.23. The molecular formula is C14H17N3O. The summed E-state index contributed by atoms with van der Waals surface area (Å²) in [5.74, 6) is 0.0109. The lowest BCUT2D eigenvalue weighted by atomic mass is 10.2. The summed E-state index contributed by atoms with van der Waals surface area (Å²) in [6.07, 6.45) is 3.42. The van der Waals surface area contributed by atoms with Crippen LogP contribution in [0, 0.1) is 0 Å². The summed E-state index contributed by atoms with van der Waals surface area (Å²) in [6.45, 7) is 3.33. The van der Waals surface area contributed by atoms with Crippen LogP contribution < -0.4 is 0 Å². The van der Waals surface area contributed by atoms with E-state index in [-0.39, 0.29) is 5.91 Å². The van der Waals surface area contributed by atoms with E-state index in [0.29, 0.717) is 18.7 Å². The van der Waals surface area contributed by atoms with Crippen molar-refractivity contribution < 1.29 is 4.79 Å². The Labute approximate surface area is 107 Å². The van der Waals surface area contributed by atoms with Crippen molar-refractivity contribution in [3.05, 3.63) is 53.9 Å². The van der Waals surface area contributed by atoms with Crippen molar-refractivity contribution >= 4 is 5.91 Å². The van der Waals surface area contributed by atoms with Gasteiger partial charge in [0.05, 0.1) is 18.3 Å². The van der Waals surface area contributed by atoms with E-state index in [1.165, 1.54) is 5.56 Å². The molecular weight excluding hydrogens is 226 g/mol. The van der Waals surface area contributed by atoms with Gasteiger partial charge < -0.3 is 4.90 Å². The Morgan fingerprint density at radius 2 is 2.06 bits per heavy atom. The molecule has 0 radical (unpaired) electrons. The molecule has 0 spiro atoms. The molecule has 0 aliphatic heterocycles. The van der Waals surface area contributed by atoms with Crippen LogP contribution in [0.3, 0.4) is 0 Å². The average molecular weight is 243 g/mol. The van der Waals surface area contributed by atoms with E-state index < -0.39 is 0 Å². The summed E-state index contributed by atoms with van der Waals surface area (Å²) in [4.78, 5) is 13.6. The lowest BCUT2D eigenvalue weighted by molar-refractivity contribution is 0.0802. The quantitative estimate of drug-likeness (QED) is 0.824. The number of carbonyl (C=O) groups is 1. The van der Waals surface area contributed by atoms with Crippen LogP contribution in [0.25, 0.3) is 0 Å². The van der Waals surface area contributed by atoms with Crippen LogP contribution in [0.15, 0.2) is 42.7 Å². The summed E-state index contributed by atoms with van der Waals surface area (Å²) < 4.78 is 1.78. The zero-order valence-electron chi connectivity index (χ0n) is 10.7. The number of rotatable bonds is 4. The molecule has 0 bridgehead atoms. The maximum atomic E-state index is 11.9. The molecule has 94 valence electrons. The lowest BCUT2D eigenvalue weighted by Crippen LogP contribution is -2.25. The zero-order chi connectivity index (χ0) is 13.0. The van der Waals surface area contributed by atoms with Crippen LogP contribution in [0.5, 0.6) is 0 Å². The first kappa shape index (κ1) is 12.4. The van der Waals surface area contributed by atoms with E-state index >= 15 is 0 Å². The Morgan fingerprint density at radius 1 is 1.33 bits per heavy atom. The number of benzene rings is 1. The molecule has 0 aliphatic carbocycles. The number of nitrogens with zero attached hydrogens (tertiary/aromatic N) is 3. The molecule has 2 aromatic rings. The monoisotopic (exact) mass is 243 g/mol. The summed E-state index contributed by atoms with van der Waals surface area (Å²) in [7, 11) is 1.79. The Hall–Kier alpha value is -2.10. The molecule has 4 nitrogen and oxygen atoms in total. The topological polar surface area (TPSA) is 38.1 Å². The largest absolute Gasteiger partial charge is 0.342 e. The molecule has 0 saturated carbocycles. The molecule has 0 saturated heterocycles. The van der Waals surface area contributed by atoms with E-state index in [1.54, 1.807) is 29.0 Å². The third kappa shape index (κ3) is 2.77. The normalized spacial score (nSPS) is 10.3. The SMILES string of the molecule is CCN(C)C(=O)c1cnn(Cc2ccccc2)c1. The van der Waals surface area contributed by atoms with Crippen molar-refractivity contribution in [2.24, 2.45) is 0 Å². The van der Waals surface area contributed by atoms with E-state index in [4.69, 9.17) is 0 Å². The van der Waals surface area contributed by atoms with E-state index in [2.05, 4.69) is 5.10 Å². The minimum Gasteiger partial charge on any atom is -0.342 e. The molecule has 4 heteroatoms. The highest BCUT2D eigenvalue weighted by Gasteiger charge is 2.12. The Kier molecular flexibility index (Phi) is 3.77. The predicted octanol–water partition coefficient (Wildman–Crippen LogP) is 2.02. The molecule has 0 N–H and O–H groups in total. The van der Waals surface area contributed by atoms with Gasteiger partial charge in [0.1, 0.15) is 0 Å². The molecule has 0 fully saturated rings. The molecule has 18 heavy (non-hydrogen) atoms. The minimum atomic E-state index is 0.0109. The number of hydrogen-bond acceptors (Lipinski definition) is 2. The maximum absolute atomic E-state index is 11.9. The number of hydrogen-bond donors (Lipinski definition) is 0. The highest BCUT2D eigenvalue weighted by molar-refractivity contribution is 5.93. The fourth-order valence-electron chi connectivity index (χ4n) is 1.69.